The zero-order chi connectivity index (χ0) is 49.6. The lowest BCUT2D eigenvalue weighted by Crippen LogP contribution is -2.10. The van der Waals surface area contributed by atoms with Crippen LogP contribution in [0.15, 0.2) is 85.0 Å². The molecule has 0 aliphatic carbocycles. The first-order chi connectivity index (χ1) is 33.4. The number of aliphatic hydroxyl groups excluding tert-OH is 4. The maximum Gasteiger partial charge on any atom is 0.0809 e. The van der Waals surface area contributed by atoms with Crippen molar-refractivity contribution >= 4 is 0 Å². The van der Waals surface area contributed by atoms with Gasteiger partial charge in [0, 0.05) is 32.7 Å². The largest absolute Gasteiger partial charge is 0.396 e. The van der Waals surface area contributed by atoms with Crippen LogP contribution in [-0.2, 0) is 27.4 Å². The minimum absolute atomic E-state index is 0.0917. The molecule has 1 fully saturated rings. The van der Waals surface area contributed by atoms with Crippen molar-refractivity contribution in [3.05, 3.63) is 96.1 Å². The Balaban J connectivity index is 0.000000943. The van der Waals surface area contributed by atoms with E-state index in [1.165, 1.54) is 114 Å². The molecular weight excluding hydrogens is 845 g/mol. The number of allylic oxidation sites excluding steroid dienone is 4. The standard InChI is InChI=1S/C21H34O2.C21H32O2.C14H28O2.C5H10O/c2*1-2-3-4-5-6-7-8-9-13-16-21(22)17-18-23-19-20-14-11-10-12-15-20;1-2-3-4-5-6-7-8-9-10-11-14(16)12-13-15;1-2-3-5-4-6-5/h7-8,10-12,14-15,21-22H,2-6,9,13,16-19H2,1H3;10-12,14-15,21-22H,2-6,9,13,16-19H2,1H3;7-8,14-16H,2-6,9-13H2,1H3;5H,2-4H2,1H3/b8-7-;;8-7-;/t2*21-;14-;5-/m1110/s1. The molecule has 1 heterocycles. The summed E-state index contributed by atoms with van der Waals surface area (Å²) in [6, 6.07) is 20.3. The van der Waals surface area contributed by atoms with Crippen LogP contribution < -0.4 is 0 Å². The highest BCUT2D eigenvalue weighted by Gasteiger charge is 2.19. The molecule has 1 saturated heterocycles. The monoisotopic (exact) mass is 949 g/mol. The molecule has 7 nitrogen and oxygen atoms in total. The van der Waals surface area contributed by atoms with Gasteiger partial charge in [-0.25, -0.2) is 0 Å². The van der Waals surface area contributed by atoms with Gasteiger partial charge in [0.25, 0.3) is 0 Å². The van der Waals surface area contributed by atoms with Crippen molar-refractivity contribution in [2.24, 2.45) is 0 Å². The number of hydrogen-bond donors (Lipinski definition) is 4. The van der Waals surface area contributed by atoms with Crippen molar-refractivity contribution in [2.45, 2.75) is 252 Å². The highest BCUT2D eigenvalue weighted by Crippen LogP contribution is 2.14. The number of aliphatic hydroxyl groups is 4. The van der Waals surface area contributed by atoms with Crippen molar-refractivity contribution in [3.63, 3.8) is 0 Å². The smallest absolute Gasteiger partial charge is 0.0809 e. The zero-order valence-corrected chi connectivity index (χ0v) is 44.2. The average molecular weight is 949 g/mol. The molecule has 7 heteroatoms. The SMILES string of the molecule is CCCCCC/C=C\CCC[C@@H](O)CCO.CCCCCC/C=C\CCC[C@@H](O)CCOCc1ccccc1.CCCCCCC#CCCC[C@@H](O)CCOCc1ccccc1.CCC[C@H]1CO1. The van der Waals surface area contributed by atoms with E-state index in [0.717, 1.165) is 77.2 Å². The van der Waals surface area contributed by atoms with Gasteiger partial charge in [-0.15, -0.1) is 11.8 Å². The van der Waals surface area contributed by atoms with E-state index in [-0.39, 0.29) is 24.9 Å². The van der Waals surface area contributed by atoms with Gasteiger partial charge in [0.05, 0.1) is 44.2 Å². The summed E-state index contributed by atoms with van der Waals surface area (Å²) in [6.07, 6.45) is 41.1. The van der Waals surface area contributed by atoms with Crippen LogP contribution in [0.1, 0.15) is 225 Å². The minimum atomic E-state index is -0.317. The lowest BCUT2D eigenvalue weighted by atomic mass is 10.1. The molecule has 1 aliphatic rings. The number of epoxide rings is 1. The van der Waals surface area contributed by atoms with Crippen molar-refractivity contribution in [3.8, 4) is 11.8 Å². The topological polar surface area (TPSA) is 112 Å². The molecule has 1 aliphatic heterocycles. The van der Waals surface area contributed by atoms with Gasteiger partial charge >= 0.3 is 0 Å². The van der Waals surface area contributed by atoms with Crippen molar-refractivity contribution < 1.29 is 34.6 Å². The first-order valence-corrected chi connectivity index (χ1v) is 27.6. The van der Waals surface area contributed by atoms with Crippen LogP contribution in [0.5, 0.6) is 0 Å². The molecule has 0 bridgehead atoms. The van der Waals surface area contributed by atoms with E-state index >= 15 is 0 Å². The summed E-state index contributed by atoms with van der Waals surface area (Å²) in [5.41, 5.74) is 2.36. The Kier molecular flexibility index (Phi) is 51.3. The van der Waals surface area contributed by atoms with Crippen LogP contribution in [0.3, 0.4) is 0 Å². The Labute approximate surface area is 419 Å². The summed E-state index contributed by atoms with van der Waals surface area (Å²) < 4.78 is 16.2. The molecule has 4 N–H and O–H groups in total. The van der Waals surface area contributed by atoms with Gasteiger partial charge in [0.1, 0.15) is 0 Å². The molecule has 0 unspecified atom stereocenters. The lowest BCUT2D eigenvalue weighted by molar-refractivity contribution is 0.0691. The van der Waals surface area contributed by atoms with Crippen LogP contribution in [0.4, 0.5) is 0 Å². The van der Waals surface area contributed by atoms with E-state index in [0.29, 0.717) is 45.4 Å². The van der Waals surface area contributed by atoms with E-state index in [9.17, 15) is 15.3 Å². The van der Waals surface area contributed by atoms with Crippen molar-refractivity contribution in [2.75, 3.05) is 26.4 Å². The van der Waals surface area contributed by atoms with E-state index in [2.05, 4.69) is 88.1 Å². The second kappa shape index (κ2) is 53.5. The zero-order valence-electron chi connectivity index (χ0n) is 44.2. The summed E-state index contributed by atoms with van der Waals surface area (Å²) in [6.45, 7) is 12.5. The Morgan fingerprint density at radius 2 is 0.897 bits per heavy atom. The van der Waals surface area contributed by atoms with Crippen molar-refractivity contribution in [1.82, 2.24) is 0 Å². The quantitative estimate of drug-likeness (QED) is 0.0229. The van der Waals surface area contributed by atoms with Crippen LogP contribution in [-0.4, -0.2) is 71.3 Å². The second-order valence-electron chi connectivity index (χ2n) is 18.4. The van der Waals surface area contributed by atoms with Gasteiger partial charge in [0.2, 0.25) is 0 Å². The van der Waals surface area contributed by atoms with Crippen LogP contribution in [0.2, 0.25) is 0 Å². The normalized spacial score (nSPS) is 14.1. The molecule has 2 aromatic rings. The minimum Gasteiger partial charge on any atom is -0.396 e. The Morgan fingerprint density at radius 3 is 1.29 bits per heavy atom. The van der Waals surface area contributed by atoms with Gasteiger partial charge in [-0.05, 0) is 120 Å². The number of ether oxygens (including phenoxy) is 3. The highest BCUT2D eigenvalue weighted by molar-refractivity contribution is 5.14. The van der Waals surface area contributed by atoms with Crippen LogP contribution >= 0.6 is 0 Å². The lowest BCUT2D eigenvalue weighted by Gasteiger charge is -2.10. The molecule has 0 aromatic heterocycles. The molecule has 68 heavy (non-hydrogen) atoms. The van der Waals surface area contributed by atoms with E-state index in [1.807, 2.05) is 36.4 Å². The third-order valence-electron chi connectivity index (χ3n) is 11.6. The molecule has 2 aromatic carbocycles. The first-order valence-electron chi connectivity index (χ1n) is 27.6. The van der Waals surface area contributed by atoms with Crippen molar-refractivity contribution in [1.29, 1.82) is 0 Å². The molecule has 0 saturated carbocycles. The summed E-state index contributed by atoms with van der Waals surface area (Å²) in [4.78, 5) is 0. The van der Waals surface area contributed by atoms with Gasteiger partial charge in [0.15, 0.2) is 0 Å². The molecular formula is C61H104O7. The fraction of sp³-hybridized carbons (Fsp3) is 0.705. The van der Waals surface area contributed by atoms with E-state index in [4.69, 9.17) is 19.3 Å². The number of unbranched alkanes of at least 4 members (excludes halogenated alkanes) is 15. The first kappa shape index (κ1) is 65.2. The second-order valence-corrected chi connectivity index (χ2v) is 18.4. The number of benzene rings is 2. The Morgan fingerprint density at radius 1 is 0.500 bits per heavy atom. The van der Waals surface area contributed by atoms with Gasteiger partial charge < -0.3 is 34.6 Å². The molecule has 0 radical (unpaired) electrons. The maximum atomic E-state index is 9.94. The van der Waals surface area contributed by atoms with Gasteiger partial charge in [-0.3, -0.25) is 0 Å². The fourth-order valence-electron chi connectivity index (χ4n) is 7.14. The average Bonchev–Trinajstić information content (AvgIpc) is 4.18. The van der Waals surface area contributed by atoms with Gasteiger partial charge in [-0.2, -0.15) is 0 Å². The molecule has 0 spiro atoms. The number of hydrogen-bond acceptors (Lipinski definition) is 7. The summed E-state index contributed by atoms with van der Waals surface area (Å²) in [5, 5.41) is 37.8. The summed E-state index contributed by atoms with van der Waals surface area (Å²) in [7, 11) is 0. The van der Waals surface area contributed by atoms with E-state index < -0.39 is 0 Å². The third kappa shape index (κ3) is 51.1. The third-order valence-corrected chi connectivity index (χ3v) is 11.6. The fourth-order valence-corrected chi connectivity index (χ4v) is 7.14. The molecule has 390 valence electrons. The Bertz CT molecular complexity index is 1380. The summed E-state index contributed by atoms with van der Waals surface area (Å²) in [5.74, 6) is 6.45. The Hall–Kier alpha value is -2.80. The maximum absolute atomic E-state index is 9.94. The molecule has 4 atom stereocenters. The van der Waals surface area contributed by atoms with Gasteiger partial charge in [-0.1, -0.05) is 177 Å². The van der Waals surface area contributed by atoms with Crippen LogP contribution in [0, 0.1) is 11.8 Å². The predicted molar refractivity (Wildman–Crippen MR) is 290 cm³/mol. The molecule has 0 amide bonds. The number of rotatable bonds is 39. The molecule has 3 rings (SSSR count). The highest BCUT2D eigenvalue weighted by atomic mass is 16.6. The van der Waals surface area contributed by atoms with Crippen LogP contribution in [0.25, 0.3) is 0 Å². The predicted octanol–water partition coefficient (Wildman–Crippen LogP) is 15.4. The summed E-state index contributed by atoms with van der Waals surface area (Å²) >= 11 is 0. The van der Waals surface area contributed by atoms with E-state index in [1.54, 1.807) is 0 Å².